The third kappa shape index (κ3) is 6.43. The molecule has 1 saturated carbocycles. The first kappa shape index (κ1) is 40.5. The fourth-order valence-corrected chi connectivity index (χ4v) is 11.0. The van der Waals surface area contributed by atoms with Crippen LogP contribution in [0.3, 0.4) is 0 Å². The van der Waals surface area contributed by atoms with Gasteiger partial charge >= 0.3 is 0 Å². The van der Waals surface area contributed by atoms with Crippen molar-refractivity contribution < 1.29 is 38.5 Å². The number of ether oxygens (including phenoxy) is 3. The zero-order chi connectivity index (χ0) is 42.7. The van der Waals surface area contributed by atoms with E-state index in [9.17, 15) is 14.7 Å². The molecule has 10 nitrogen and oxygen atoms in total. The fraction of sp³-hybridized carbons (Fsp3) is 0.224. The topological polar surface area (TPSA) is 123 Å². The second kappa shape index (κ2) is 15.8. The van der Waals surface area contributed by atoms with Crippen LogP contribution in [0, 0.1) is 27.2 Å². The Bertz CT molecular complexity index is 2680. The Balaban J connectivity index is 1.14. The van der Waals surface area contributed by atoms with Crippen molar-refractivity contribution in [2.24, 2.45) is 23.7 Å². The summed E-state index contributed by atoms with van der Waals surface area (Å²) in [5.41, 5.74) is 3.08. The van der Waals surface area contributed by atoms with Crippen molar-refractivity contribution in [2.45, 2.75) is 24.2 Å². The van der Waals surface area contributed by atoms with Crippen LogP contribution in [0.4, 0.5) is 11.4 Å². The van der Waals surface area contributed by atoms with Gasteiger partial charge in [0.25, 0.3) is 0 Å². The summed E-state index contributed by atoms with van der Waals surface area (Å²) in [4.78, 5) is 62.5. The average molecular weight is 947 g/mol. The van der Waals surface area contributed by atoms with Crippen LogP contribution in [-0.4, -0.2) is 50.1 Å². The molecule has 12 heteroatoms. The molecule has 2 saturated heterocycles. The Morgan fingerprint density at radius 1 is 0.738 bits per heavy atom. The summed E-state index contributed by atoms with van der Waals surface area (Å²) in [5.74, 6) is -3.69. The van der Waals surface area contributed by atoms with Crippen LogP contribution in [0.15, 0.2) is 121 Å². The second-order valence-corrected chi connectivity index (χ2v) is 17.3. The predicted molar refractivity (Wildman–Crippen MR) is 241 cm³/mol. The molecule has 3 fully saturated rings. The van der Waals surface area contributed by atoms with Gasteiger partial charge in [-0.2, -0.15) is 0 Å². The number of imide groups is 2. The highest BCUT2D eigenvalue weighted by molar-refractivity contribution is 14.1. The van der Waals surface area contributed by atoms with E-state index in [1.165, 1.54) is 16.9 Å². The molecule has 2 heterocycles. The van der Waals surface area contributed by atoms with Crippen molar-refractivity contribution in [3.8, 4) is 23.0 Å². The van der Waals surface area contributed by atoms with Crippen molar-refractivity contribution >= 4 is 81.3 Å². The quantitative estimate of drug-likeness (QED) is 0.0672. The second-order valence-electron chi connectivity index (χ2n) is 15.7. The summed E-state index contributed by atoms with van der Waals surface area (Å²) in [6, 6.07) is 32.3. The molecule has 0 aromatic heterocycles. The minimum Gasteiger partial charge on any atom is -0.504 e. The van der Waals surface area contributed by atoms with Crippen LogP contribution in [0.5, 0.6) is 23.0 Å². The summed E-state index contributed by atoms with van der Waals surface area (Å²) in [5, 5.41) is 11.4. The van der Waals surface area contributed by atoms with Crippen LogP contribution in [0.2, 0.25) is 5.02 Å². The molecule has 5 aromatic carbocycles. The van der Waals surface area contributed by atoms with E-state index in [4.69, 9.17) is 25.8 Å². The first-order valence-corrected chi connectivity index (χ1v) is 21.3. The number of halogens is 2. The highest BCUT2D eigenvalue weighted by atomic mass is 127. The number of hydrogen-bond donors (Lipinski definition) is 1. The lowest BCUT2D eigenvalue weighted by atomic mass is 9.49. The average Bonchev–Trinajstić information content (AvgIpc) is 3.67. The number of anilines is 2. The third-order valence-corrected chi connectivity index (χ3v) is 13.9. The predicted octanol–water partition coefficient (Wildman–Crippen LogP) is 9.21. The number of methoxy groups -OCH3 is 3. The number of phenols is 1. The number of allylic oxidation sites excluding steroid dienone is 2. The molecule has 308 valence electrons. The Labute approximate surface area is 371 Å². The van der Waals surface area contributed by atoms with E-state index in [0.717, 1.165) is 16.7 Å². The largest absolute Gasteiger partial charge is 0.504 e. The molecular weight excluding hydrogens is 907 g/mol. The number of amides is 4. The SMILES string of the molecule is COc1ccc(OC)c(C=Cc2ccc(N3C(=O)[C@H]4[C@H](CC=C5[C@H]4C[C@H]4C(=O)N(c6cccc(Cl)c6)C(=O)[C@@]4(c4ccccc4)[C@H]5c4cc(I)c(O)c(OC)c4)C3=O)cc2)c1. The van der Waals surface area contributed by atoms with Gasteiger partial charge in [0, 0.05) is 16.5 Å². The standard InChI is InChI=1S/C49H40ClIN2O8/c1-59-34-18-21-40(60-2)28(22-34)15-12-27-13-16-32(17-14-27)52-45(55)36-20-19-35-37(42(36)47(52)57)26-38-46(56)53(33-11-7-10-31(50)25-33)48(58)49(38,30-8-5-4-6-9-30)43(35)29-23-39(51)44(54)41(24-29)61-3/h4-19,21-25,36-38,42-43,54H,20,26H2,1-3H3/t36-,37+,38-,42-,43-,49+/m0/s1. The number of nitrogens with zero attached hydrogens (tertiary/aromatic N) is 2. The molecule has 5 aromatic rings. The maximum atomic E-state index is 15.6. The molecule has 4 amide bonds. The minimum atomic E-state index is -1.47. The number of fused-ring (bicyclic) bond motifs is 4. The molecule has 0 bridgehead atoms. The molecule has 1 N–H and O–H groups in total. The summed E-state index contributed by atoms with van der Waals surface area (Å²) >= 11 is 8.49. The Morgan fingerprint density at radius 2 is 1.49 bits per heavy atom. The van der Waals surface area contributed by atoms with Gasteiger partial charge in [-0.1, -0.05) is 83.9 Å². The summed E-state index contributed by atoms with van der Waals surface area (Å²) in [7, 11) is 4.67. The number of aromatic hydroxyl groups is 1. The number of benzene rings is 5. The van der Waals surface area contributed by atoms with Crippen molar-refractivity contribution in [2.75, 3.05) is 31.1 Å². The van der Waals surface area contributed by atoms with Gasteiger partial charge in [-0.3, -0.25) is 24.1 Å². The van der Waals surface area contributed by atoms with E-state index < -0.39 is 46.8 Å². The van der Waals surface area contributed by atoms with Gasteiger partial charge in [0.05, 0.1) is 59.4 Å². The molecule has 2 aliphatic carbocycles. The number of phenolic OH excluding ortho intramolecular Hbond substituents is 1. The first-order valence-electron chi connectivity index (χ1n) is 19.9. The van der Waals surface area contributed by atoms with Gasteiger partial charge in [-0.15, -0.1) is 0 Å². The molecule has 61 heavy (non-hydrogen) atoms. The van der Waals surface area contributed by atoms with E-state index in [1.807, 2.05) is 108 Å². The van der Waals surface area contributed by atoms with E-state index in [1.54, 1.807) is 56.7 Å². The molecular formula is C49H40ClIN2O8. The van der Waals surface area contributed by atoms with Crippen LogP contribution >= 0.6 is 34.2 Å². The van der Waals surface area contributed by atoms with Crippen LogP contribution in [0.25, 0.3) is 12.2 Å². The molecule has 0 unspecified atom stereocenters. The zero-order valence-electron chi connectivity index (χ0n) is 33.4. The minimum absolute atomic E-state index is 0.0506. The maximum Gasteiger partial charge on any atom is 0.246 e. The van der Waals surface area contributed by atoms with Gasteiger partial charge in [0.15, 0.2) is 11.5 Å². The zero-order valence-corrected chi connectivity index (χ0v) is 36.3. The molecule has 9 rings (SSSR count). The highest BCUT2D eigenvalue weighted by Gasteiger charge is 2.70. The van der Waals surface area contributed by atoms with Crippen molar-refractivity contribution in [3.05, 3.63) is 152 Å². The molecule has 0 radical (unpaired) electrons. The molecule has 2 aliphatic heterocycles. The van der Waals surface area contributed by atoms with E-state index >= 15 is 9.59 Å². The van der Waals surface area contributed by atoms with Crippen LogP contribution in [0.1, 0.15) is 41.0 Å². The van der Waals surface area contributed by atoms with E-state index in [-0.39, 0.29) is 36.2 Å². The van der Waals surface area contributed by atoms with E-state index in [0.29, 0.717) is 42.6 Å². The van der Waals surface area contributed by atoms with Gasteiger partial charge < -0.3 is 19.3 Å². The number of carbonyl (C=O) groups excluding carboxylic acids is 4. The van der Waals surface area contributed by atoms with Crippen molar-refractivity contribution in [3.63, 3.8) is 0 Å². The lowest BCUT2D eigenvalue weighted by Gasteiger charge is -2.50. The smallest absolute Gasteiger partial charge is 0.246 e. The Kier molecular flexibility index (Phi) is 10.5. The normalized spacial score (nSPS) is 24.4. The molecule has 4 aliphatic rings. The maximum absolute atomic E-state index is 15.6. The fourth-order valence-electron chi connectivity index (χ4n) is 10.2. The summed E-state index contributed by atoms with van der Waals surface area (Å²) in [6.45, 7) is 0. The van der Waals surface area contributed by atoms with Gasteiger partial charge in [-0.25, -0.2) is 4.90 Å². The Hall–Kier alpha value is -5.92. The van der Waals surface area contributed by atoms with Crippen molar-refractivity contribution in [1.82, 2.24) is 0 Å². The van der Waals surface area contributed by atoms with Crippen molar-refractivity contribution in [1.29, 1.82) is 0 Å². The Morgan fingerprint density at radius 3 is 2.20 bits per heavy atom. The van der Waals surface area contributed by atoms with Gasteiger partial charge in [0.2, 0.25) is 23.6 Å². The molecule has 6 atom stereocenters. The lowest BCUT2D eigenvalue weighted by Crippen LogP contribution is -2.53. The van der Waals surface area contributed by atoms with Gasteiger partial charge in [0.1, 0.15) is 11.5 Å². The molecule has 0 spiro atoms. The summed E-state index contributed by atoms with van der Waals surface area (Å²) in [6.07, 6.45) is 6.25. The summed E-state index contributed by atoms with van der Waals surface area (Å²) < 4.78 is 17.1. The van der Waals surface area contributed by atoms with Crippen LogP contribution < -0.4 is 24.0 Å². The number of hydrogen-bond acceptors (Lipinski definition) is 8. The number of rotatable bonds is 9. The number of carbonyl (C=O) groups is 4. The highest BCUT2D eigenvalue weighted by Crippen LogP contribution is 2.65. The van der Waals surface area contributed by atoms with Gasteiger partial charge in [-0.05, 0) is 119 Å². The third-order valence-electron chi connectivity index (χ3n) is 12.8. The van der Waals surface area contributed by atoms with E-state index in [2.05, 4.69) is 0 Å². The van der Waals surface area contributed by atoms with Crippen LogP contribution in [-0.2, 0) is 24.6 Å². The monoisotopic (exact) mass is 946 g/mol. The lowest BCUT2D eigenvalue weighted by molar-refractivity contribution is -0.127. The first-order chi connectivity index (χ1) is 29.5.